The van der Waals surface area contributed by atoms with Gasteiger partial charge in [-0.15, -0.1) is 12.4 Å². The molecule has 1 saturated heterocycles. The van der Waals surface area contributed by atoms with Crippen molar-refractivity contribution in [2.75, 3.05) is 33.2 Å². The molecular weight excluding hydrogens is 398 g/mol. The third-order valence-corrected chi connectivity index (χ3v) is 8.37. The van der Waals surface area contributed by atoms with Crippen LogP contribution in [0.15, 0.2) is 34.1 Å². The van der Waals surface area contributed by atoms with Crippen molar-refractivity contribution in [1.82, 2.24) is 8.61 Å². The lowest BCUT2D eigenvalue weighted by molar-refractivity contribution is 0.291. The number of rotatable bonds is 7. The van der Waals surface area contributed by atoms with E-state index in [1.165, 1.54) is 33.9 Å². The van der Waals surface area contributed by atoms with E-state index < -0.39 is 25.5 Å². The minimum absolute atomic E-state index is 0. The first kappa shape index (κ1) is 23.3. The quantitative estimate of drug-likeness (QED) is 0.713. The summed E-state index contributed by atoms with van der Waals surface area (Å²) in [6.07, 6.45) is 1.58. The second kappa shape index (κ2) is 8.53. The van der Waals surface area contributed by atoms with E-state index in [1.807, 2.05) is 13.8 Å². The summed E-state index contributed by atoms with van der Waals surface area (Å²) >= 11 is 0. The predicted molar refractivity (Wildman–Crippen MR) is 104 cm³/mol. The van der Waals surface area contributed by atoms with Gasteiger partial charge in [0.05, 0.1) is 0 Å². The van der Waals surface area contributed by atoms with E-state index >= 15 is 0 Å². The van der Waals surface area contributed by atoms with Crippen LogP contribution in [0.5, 0.6) is 0 Å². The Hall–Kier alpha value is -0.710. The van der Waals surface area contributed by atoms with Crippen LogP contribution in [-0.4, -0.2) is 58.7 Å². The Morgan fingerprint density at radius 1 is 1.08 bits per heavy atom. The van der Waals surface area contributed by atoms with E-state index in [4.69, 9.17) is 5.73 Å². The summed E-state index contributed by atoms with van der Waals surface area (Å²) in [6.45, 7) is 5.10. The summed E-state index contributed by atoms with van der Waals surface area (Å²) in [5.74, 6) is 0. The zero-order chi connectivity index (χ0) is 18.9. The molecule has 0 aromatic heterocycles. The third kappa shape index (κ3) is 4.76. The van der Waals surface area contributed by atoms with Crippen LogP contribution in [0.3, 0.4) is 0 Å². The number of sulfonamides is 2. The number of halogens is 1. The van der Waals surface area contributed by atoms with Gasteiger partial charge in [-0.25, -0.2) is 21.1 Å². The molecule has 2 rings (SSSR count). The highest BCUT2D eigenvalue weighted by molar-refractivity contribution is 7.92. The van der Waals surface area contributed by atoms with Gasteiger partial charge in [0.2, 0.25) is 20.0 Å². The molecule has 1 aliphatic heterocycles. The summed E-state index contributed by atoms with van der Waals surface area (Å²) in [6, 6.07) is 5.80. The van der Waals surface area contributed by atoms with Crippen molar-refractivity contribution in [3.05, 3.63) is 24.3 Å². The highest BCUT2D eigenvalue weighted by Crippen LogP contribution is 2.29. The first-order valence-electron chi connectivity index (χ1n) is 8.28. The van der Waals surface area contributed by atoms with Gasteiger partial charge >= 0.3 is 0 Å². The van der Waals surface area contributed by atoms with Crippen molar-refractivity contribution in [2.45, 2.75) is 36.5 Å². The number of benzene rings is 1. The van der Waals surface area contributed by atoms with Crippen molar-refractivity contribution in [3.8, 4) is 0 Å². The Morgan fingerprint density at radius 2 is 1.58 bits per heavy atom. The molecule has 1 heterocycles. The topological polar surface area (TPSA) is 101 Å². The van der Waals surface area contributed by atoms with Gasteiger partial charge in [-0.1, -0.05) is 26.0 Å². The largest absolute Gasteiger partial charge is 0.330 e. The van der Waals surface area contributed by atoms with Crippen molar-refractivity contribution in [3.63, 3.8) is 0 Å². The van der Waals surface area contributed by atoms with Crippen molar-refractivity contribution in [1.29, 1.82) is 0 Å². The third-order valence-electron chi connectivity index (χ3n) is 4.42. The Bertz CT molecular complexity index is 820. The van der Waals surface area contributed by atoms with E-state index in [0.717, 1.165) is 12.8 Å². The molecule has 7 nitrogen and oxygen atoms in total. The first-order chi connectivity index (χ1) is 11.5. The Morgan fingerprint density at radius 3 is 2.08 bits per heavy atom. The lowest BCUT2D eigenvalue weighted by atomic mass is 9.94. The van der Waals surface area contributed by atoms with E-state index in [2.05, 4.69) is 0 Å². The summed E-state index contributed by atoms with van der Waals surface area (Å²) in [5, 5.41) is 0. The van der Waals surface area contributed by atoms with Crippen LogP contribution in [0.2, 0.25) is 0 Å². The van der Waals surface area contributed by atoms with Crippen molar-refractivity contribution < 1.29 is 16.8 Å². The Labute approximate surface area is 163 Å². The molecule has 0 saturated carbocycles. The fraction of sp³-hybridized carbons (Fsp3) is 0.625. The SMILES string of the molecule is CN(CC(C)(C)CN)S(=O)(=O)c1ccccc1S(=O)(=O)N1CCCC1.Cl. The highest BCUT2D eigenvalue weighted by Gasteiger charge is 2.35. The molecule has 0 radical (unpaired) electrons. The molecule has 2 N–H and O–H groups in total. The van der Waals surface area contributed by atoms with Gasteiger partial charge < -0.3 is 5.73 Å². The second-order valence-corrected chi connectivity index (χ2v) is 11.1. The summed E-state index contributed by atoms with van der Waals surface area (Å²) in [7, 11) is -6.34. The van der Waals surface area contributed by atoms with Crippen LogP contribution in [0, 0.1) is 5.41 Å². The molecule has 10 heteroatoms. The molecule has 0 bridgehead atoms. The molecule has 0 spiro atoms. The lowest BCUT2D eigenvalue weighted by Crippen LogP contribution is -2.40. The molecule has 1 fully saturated rings. The predicted octanol–water partition coefficient (Wildman–Crippen LogP) is 1.50. The molecular formula is C16H28ClN3O4S2. The molecule has 0 amide bonds. The van der Waals surface area contributed by atoms with E-state index in [0.29, 0.717) is 19.6 Å². The van der Waals surface area contributed by atoms with Crippen LogP contribution in [0.25, 0.3) is 0 Å². The zero-order valence-electron chi connectivity index (χ0n) is 15.4. The smallest absolute Gasteiger partial charge is 0.244 e. The minimum Gasteiger partial charge on any atom is -0.330 e. The standard InChI is InChI=1S/C16H27N3O4S2.ClH/c1-16(2,12-17)13-18(3)24(20,21)14-8-4-5-9-15(14)25(22,23)19-10-6-7-11-19;/h4-5,8-9H,6-7,10-13,17H2,1-3H3;1H. The number of hydrogen-bond donors (Lipinski definition) is 1. The van der Waals surface area contributed by atoms with Crippen molar-refractivity contribution >= 4 is 32.5 Å². The fourth-order valence-corrected chi connectivity index (χ4v) is 6.51. The van der Waals surface area contributed by atoms with Gasteiger partial charge in [-0.05, 0) is 36.9 Å². The zero-order valence-corrected chi connectivity index (χ0v) is 17.8. The van der Waals surface area contributed by atoms with Crippen molar-refractivity contribution in [2.24, 2.45) is 11.1 Å². The van der Waals surface area contributed by atoms with E-state index in [9.17, 15) is 16.8 Å². The van der Waals surface area contributed by atoms with Gasteiger partial charge in [0.1, 0.15) is 9.79 Å². The van der Waals surface area contributed by atoms with Crippen LogP contribution in [0.4, 0.5) is 0 Å². The summed E-state index contributed by atoms with van der Waals surface area (Å²) in [4.78, 5) is -0.341. The molecule has 150 valence electrons. The summed E-state index contributed by atoms with van der Waals surface area (Å²) in [5.41, 5.74) is 5.28. The second-order valence-electron chi connectivity index (χ2n) is 7.19. The maximum Gasteiger partial charge on any atom is 0.244 e. The Balaban J connectivity index is 0.00000338. The van der Waals surface area contributed by atoms with Gasteiger partial charge in [-0.3, -0.25) is 0 Å². The molecule has 1 aromatic rings. The van der Waals surface area contributed by atoms with Gasteiger partial charge in [-0.2, -0.15) is 4.31 Å². The molecule has 0 unspecified atom stereocenters. The van der Waals surface area contributed by atoms with Crippen LogP contribution in [-0.2, 0) is 20.0 Å². The molecule has 1 aliphatic rings. The fourth-order valence-electron chi connectivity index (χ4n) is 2.86. The highest BCUT2D eigenvalue weighted by atomic mass is 35.5. The van der Waals surface area contributed by atoms with Gasteiger partial charge in [0, 0.05) is 26.7 Å². The Kier molecular flexibility index (Phi) is 7.66. The number of nitrogens with two attached hydrogens (primary N) is 1. The lowest BCUT2D eigenvalue weighted by Gasteiger charge is -2.29. The van der Waals surface area contributed by atoms with Gasteiger partial charge in [0.25, 0.3) is 0 Å². The molecule has 1 aromatic carbocycles. The monoisotopic (exact) mass is 425 g/mol. The molecule has 26 heavy (non-hydrogen) atoms. The van der Waals surface area contributed by atoms with Crippen LogP contribution in [0.1, 0.15) is 26.7 Å². The van der Waals surface area contributed by atoms with Crippen LogP contribution < -0.4 is 5.73 Å². The van der Waals surface area contributed by atoms with Crippen LogP contribution >= 0.6 is 12.4 Å². The first-order valence-corrected chi connectivity index (χ1v) is 11.2. The maximum absolute atomic E-state index is 13.0. The number of hydrogen-bond acceptors (Lipinski definition) is 5. The average Bonchev–Trinajstić information content (AvgIpc) is 3.09. The maximum atomic E-state index is 13.0. The minimum atomic E-state index is -3.95. The van der Waals surface area contributed by atoms with E-state index in [1.54, 1.807) is 6.07 Å². The van der Waals surface area contributed by atoms with Gasteiger partial charge in [0.15, 0.2) is 0 Å². The number of nitrogens with zero attached hydrogens (tertiary/aromatic N) is 2. The molecule has 0 atom stereocenters. The van der Waals surface area contributed by atoms with E-state index in [-0.39, 0.29) is 28.7 Å². The molecule has 0 aliphatic carbocycles. The average molecular weight is 426 g/mol. The normalized spacial score (nSPS) is 16.7. The summed E-state index contributed by atoms with van der Waals surface area (Å²) < 4.78 is 54.3.